The third kappa shape index (κ3) is 5.95. The average molecular weight is 448 g/mol. The first-order valence-corrected chi connectivity index (χ1v) is 11.0. The van der Waals surface area contributed by atoms with Gasteiger partial charge in [-0.1, -0.05) is 0 Å². The minimum Gasteiger partial charge on any atom is -0.492 e. The molecule has 33 heavy (non-hydrogen) atoms. The van der Waals surface area contributed by atoms with Gasteiger partial charge in [-0.15, -0.1) is 0 Å². The highest BCUT2D eigenvalue weighted by molar-refractivity contribution is 6.11. The second kappa shape index (κ2) is 10.7. The summed E-state index contributed by atoms with van der Waals surface area (Å²) in [6, 6.07) is 11.6. The number of amidine groups is 1. The quantitative estimate of drug-likeness (QED) is 0.381. The smallest absolute Gasteiger partial charge is 0.219 e. The molecule has 4 rings (SSSR count). The van der Waals surface area contributed by atoms with Crippen molar-refractivity contribution in [1.29, 1.82) is 0 Å². The first-order chi connectivity index (χ1) is 16.1. The van der Waals surface area contributed by atoms with Crippen LogP contribution in [0.25, 0.3) is 0 Å². The van der Waals surface area contributed by atoms with Crippen LogP contribution in [0.5, 0.6) is 17.4 Å². The maximum absolute atomic E-state index is 5.97. The van der Waals surface area contributed by atoms with Gasteiger partial charge in [0.1, 0.15) is 17.3 Å². The molecule has 0 spiro atoms. The highest BCUT2D eigenvalue weighted by Gasteiger charge is 2.14. The second-order valence-electron chi connectivity index (χ2n) is 7.77. The third-order valence-electron chi connectivity index (χ3n) is 5.41. The summed E-state index contributed by atoms with van der Waals surface area (Å²) in [7, 11) is 3.56. The van der Waals surface area contributed by atoms with E-state index >= 15 is 0 Å². The van der Waals surface area contributed by atoms with E-state index < -0.39 is 0 Å². The molecule has 0 aliphatic carbocycles. The van der Waals surface area contributed by atoms with Gasteiger partial charge in [-0.2, -0.15) is 5.10 Å². The lowest BCUT2D eigenvalue weighted by molar-refractivity contribution is 0.290. The second-order valence-corrected chi connectivity index (χ2v) is 7.77. The number of ether oxygens (including phenoxy) is 2. The summed E-state index contributed by atoms with van der Waals surface area (Å²) in [6.45, 7) is 5.44. The predicted molar refractivity (Wildman–Crippen MR) is 130 cm³/mol. The molecule has 1 aromatic carbocycles. The summed E-state index contributed by atoms with van der Waals surface area (Å²) in [6.07, 6.45) is 7.00. The summed E-state index contributed by atoms with van der Waals surface area (Å²) < 4.78 is 13.5. The molecule has 0 bridgehead atoms. The molecule has 172 valence electrons. The first kappa shape index (κ1) is 22.5. The van der Waals surface area contributed by atoms with E-state index in [1.54, 1.807) is 24.0 Å². The van der Waals surface area contributed by atoms with Crippen LogP contribution in [-0.4, -0.2) is 53.6 Å². The van der Waals surface area contributed by atoms with Gasteiger partial charge in [0.15, 0.2) is 5.82 Å². The van der Waals surface area contributed by atoms with Gasteiger partial charge >= 0.3 is 0 Å². The fourth-order valence-corrected chi connectivity index (χ4v) is 3.71. The van der Waals surface area contributed by atoms with E-state index in [2.05, 4.69) is 37.4 Å². The number of nitrogens with one attached hydrogen (secondary N) is 2. The topological polar surface area (TPSA) is 98.0 Å². The molecule has 9 nitrogen and oxygen atoms in total. The van der Waals surface area contributed by atoms with E-state index in [0.717, 1.165) is 24.3 Å². The molecule has 2 aromatic heterocycles. The maximum Gasteiger partial charge on any atom is 0.219 e. The minimum atomic E-state index is 0.470. The van der Waals surface area contributed by atoms with Gasteiger partial charge < -0.3 is 20.1 Å². The minimum absolute atomic E-state index is 0.470. The molecule has 1 unspecified atom stereocenters. The van der Waals surface area contributed by atoms with Crippen LogP contribution in [-0.2, 0) is 7.05 Å². The number of nitrogens with zero attached hydrogens (tertiary/aromatic N) is 5. The van der Waals surface area contributed by atoms with Crippen molar-refractivity contribution >= 4 is 24.1 Å². The number of anilines is 1. The van der Waals surface area contributed by atoms with Crippen LogP contribution >= 0.6 is 0 Å². The van der Waals surface area contributed by atoms with Crippen LogP contribution in [0.4, 0.5) is 11.5 Å². The van der Waals surface area contributed by atoms with Crippen molar-refractivity contribution in [2.24, 2.45) is 17.0 Å². The summed E-state index contributed by atoms with van der Waals surface area (Å²) in [5.74, 6) is 3.09. The molecule has 2 N–H and O–H groups in total. The van der Waals surface area contributed by atoms with E-state index in [1.807, 2.05) is 43.6 Å². The molecular weight excluding hydrogens is 418 g/mol. The molecule has 9 heteroatoms. The third-order valence-corrected chi connectivity index (χ3v) is 5.41. The number of hydrogen-bond acceptors (Lipinski definition) is 7. The lowest BCUT2D eigenvalue weighted by Crippen LogP contribution is -2.23. The Balaban J connectivity index is 1.41. The van der Waals surface area contributed by atoms with E-state index in [0.29, 0.717) is 41.6 Å². The first-order valence-electron chi connectivity index (χ1n) is 11.0. The zero-order valence-electron chi connectivity index (χ0n) is 19.0. The van der Waals surface area contributed by atoms with Crippen LogP contribution in [0.1, 0.15) is 24.8 Å². The normalized spacial score (nSPS) is 15.9. The molecule has 3 heterocycles. The molecule has 0 radical (unpaired) electrons. The fraction of sp³-hybridized carbons (Fsp3) is 0.333. The molecule has 1 aliphatic heterocycles. The number of rotatable bonds is 9. The van der Waals surface area contributed by atoms with Crippen LogP contribution in [0.3, 0.4) is 0 Å². The Bertz CT molecular complexity index is 1100. The lowest BCUT2D eigenvalue weighted by Gasteiger charge is -2.13. The molecular formula is C24H29N7O2. The van der Waals surface area contributed by atoms with Crippen molar-refractivity contribution in [2.45, 2.75) is 25.3 Å². The highest BCUT2D eigenvalue weighted by atomic mass is 16.5. The largest absolute Gasteiger partial charge is 0.492 e. The van der Waals surface area contributed by atoms with Gasteiger partial charge in [-0.25, -0.2) is 4.98 Å². The zero-order valence-corrected chi connectivity index (χ0v) is 19.0. The molecule has 1 saturated heterocycles. The molecule has 1 aliphatic rings. The number of aliphatic imine (C=N–C) groups is 2. The number of aryl methyl sites for hydroxylation is 1. The number of pyridine rings is 1. The number of benzene rings is 1. The Kier molecular flexibility index (Phi) is 7.31. The van der Waals surface area contributed by atoms with Crippen molar-refractivity contribution < 1.29 is 9.47 Å². The Hall–Kier alpha value is -3.72. The maximum atomic E-state index is 5.97. The molecule has 1 atom stereocenters. The van der Waals surface area contributed by atoms with Crippen molar-refractivity contribution in [3.05, 3.63) is 54.4 Å². The summed E-state index contributed by atoms with van der Waals surface area (Å²) in [4.78, 5) is 12.9. The Labute approximate surface area is 193 Å². The van der Waals surface area contributed by atoms with E-state index in [-0.39, 0.29) is 0 Å². The average Bonchev–Trinajstić information content (AvgIpc) is 3.50. The SMILES string of the molecule is C=Nc1ccc(Oc2ccc(OCCC3CCCN3)cn2)cc1C(=NC)Nc1ccn(C)n1. The summed E-state index contributed by atoms with van der Waals surface area (Å²) in [5.41, 5.74) is 1.43. The number of aromatic nitrogens is 3. The molecule has 0 saturated carbocycles. The van der Waals surface area contributed by atoms with Gasteiger partial charge in [0, 0.05) is 44.0 Å². The van der Waals surface area contributed by atoms with Gasteiger partial charge in [0.25, 0.3) is 0 Å². The summed E-state index contributed by atoms with van der Waals surface area (Å²) >= 11 is 0. The highest BCUT2D eigenvalue weighted by Crippen LogP contribution is 2.28. The van der Waals surface area contributed by atoms with Crippen molar-refractivity contribution in [1.82, 2.24) is 20.1 Å². The van der Waals surface area contributed by atoms with Gasteiger partial charge in [0.05, 0.1) is 18.5 Å². The monoisotopic (exact) mass is 447 g/mol. The van der Waals surface area contributed by atoms with E-state index in [9.17, 15) is 0 Å². The van der Waals surface area contributed by atoms with Gasteiger partial charge in [-0.3, -0.25) is 14.7 Å². The molecule has 1 fully saturated rings. The fourth-order valence-electron chi connectivity index (χ4n) is 3.71. The lowest BCUT2D eigenvalue weighted by atomic mass is 10.1. The van der Waals surface area contributed by atoms with E-state index in [1.165, 1.54) is 12.8 Å². The summed E-state index contributed by atoms with van der Waals surface area (Å²) in [5, 5.41) is 11.0. The van der Waals surface area contributed by atoms with Crippen LogP contribution in [0, 0.1) is 0 Å². The Morgan fingerprint density at radius 2 is 2.15 bits per heavy atom. The standard InChI is InChI=1S/C24H29N7O2/c1-25-21-8-6-18(15-20(21)24(26-2)29-22-10-13-31(3)30-22)33-23-9-7-19(16-28-23)32-14-11-17-5-4-12-27-17/h6-10,13,15-17,27H,1,4-5,11-12,14H2,2-3H3,(H,26,29,30). The zero-order chi connectivity index (χ0) is 23.0. The predicted octanol–water partition coefficient (Wildman–Crippen LogP) is 3.95. The Morgan fingerprint density at radius 1 is 1.27 bits per heavy atom. The van der Waals surface area contributed by atoms with Crippen LogP contribution in [0.2, 0.25) is 0 Å². The molecule has 0 amide bonds. The van der Waals surface area contributed by atoms with Crippen LogP contribution < -0.4 is 20.1 Å². The van der Waals surface area contributed by atoms with Crippen molar-refractivity contribution in [2.75, 3.05) is 25.5 Å². The van der Waals surface area contributed by atoms with Crippen molar-refractivity contribution in [3.8, 4) is 17.4 Å². The molecule has 3 aromatic rings. The van der Waals surface area contributed by atoms with Gasteiger partial charge in [0.2, 0.25) is 5.88 Å². The Morgan fingerprint density at radius 3 is 2.82 bits per heavy atom. The van der Waals surface area contributed by atoms with Crippen molar-refractivity contribution in [3.63, 3.8) is 0 Å². The van der Waals surface area contributed by atoms with Crippen LogP contribution in [0.15, 0.2) is 58.8 Å². The van der Waals surface area contributed by atoms with E-state index in [4.69, 9.17) is 9.47 Å². The number of hydrogen-bond donors (Lipinski definition) is 2. The van der Waals surface area contributed by atoms with Gasteiger partial charge in [-0.05, 0) is 56.8 Å².